The lowest BCUT2D eigenvalue weighted by molar-refractivity contribution is 0.00578. The maximum atomic E-state index is 10.7. The molecule has 22 aromatic rings. The summed E-state index contributed by atoms with van der Waals surface area (Å²) < 4.78 is 22.4. The van der Waals surface area contributed by atoms with Crippen molar-refractivity contribution in [2.75, 3.05) is 0 Å². The first-order valence-corrected chi connectivity index (χ1v) is 42.2. The van der Waals surface area contributed by atoms with Crippen LogP contribution in [0.15, 0.2) is 388 Å². The molecule has 0 saturated carbocycles. The molecule has 0 spiro atoms. The van der Waals surface area contributed by atoms with Gasteiger partial charge in [-0.15, -0.1) is 0 Å². The molecule has 1 fully saturated rings. The van der Waals surface area contributed by atoms with E-state index < -0.39 is 18.3 Å². The predicted octanol–water partition coefficient (Wildman–Crippen LogP) is 26.9. The summed E-state index contributed by atoms with van der Waals surface area (Å²) in [5, 5.41) is 20.6. The summed E-state index contributed by atoms with van der Waals surface area (Å²) in [4.78, 5) is 32.1. The van der Waals surface area contributed by atoms with E-state index in [1.807, 2.05) is 146 Å². The maximum absolute atomic E-state index is 10.7. The lowest BCUT2D eigenvalue weighted by atomic mass is 9.78. The van der Waals surface area contributed by atoms with E-state index in [9.17, 15) is 5.26 Å². The number of nitrogens with zero attached hydrogens (tertiary/aromatic N) is 12. The molecule has 126 heavy (non-hydrogen) atoms. The van der Waals surface area contributed by atoms with Crippen LogP contribution in [-0.2, 0) is 9.31 Å². The van der Waals surface area contributed by atoms with Gasteiger partial charge >= 0.3 is 7.12 Å². The second-order valence-electron chi connectivity index (χ2n) is 32.3. The van der Waals surface area contributed by atoms with Crippen LogP contribution in [0.25, 0.3) is 194 Å². The summed E-state index contributed by atoms with van der Waals surface area (Å²) >= 11 is 6.07. The Morgan fingerprint density at radius 3 is 0.976 bits per heavy atom. The van der Waals surface area contributed by atoms with Gasteiger partial charge < -0.3 is 27.6 Å². The lowest BCUT2D eigenvalue weighted by Crippen LogP contribution is -2.41. The van der Waals surface area contributed by atoms with Crippen LogP contribution in [0.1, 0.15) is 33.3 Å². The minimum atomic E-state index is -0.414. The van der Waals surface area contributed by atoms with Crippen molar-refractivity contribution in [2.45, 2.75) is 38.9 Å². The van der Waals surface area contributed by atoms with E-state index in [-0.39, 0.29) is 0 Å². The van der Waals surface area contributed by atoms with Gasteiger partial charge in [0.15, 0.2) is 34.9 Å². The van der Waals surface area contributed by atoms with Gasteiger partial charge in [-0.1, -0.05) is 285 Å². The van der Waals surface area contributed by atoms with Crippen LogP contribution in [0.5, 0.6) is 0 Å². The van der Waals surface area contributed by atoms with Gasteiger partial charge in [-0.05, 0) is 160 Å². The number of para-hydroxylation sites is 6. The van der Waals surface area contributed by atoms with Crippen molar-refractivity contribution in [1.82, 2.24) is 48.2 Å². The van der Waals surface area contributed by atoms with Gasteiger partial charge in [0.2, 0.25) is 5.69 Å². The average molecular weight is 1640 g/mol. The van der Waals surface area contributed by atoms with Crippen LogP contribution in [0, 0.1) is 17.9 Å². The van der Waals surface area contributed by atoms with Gasteiger partial charge in [-0.3, -0.25) is 0 Å². The lowest BCUT2D eigenvalue weighted by Gasteiger charge is -2.32. The first-order valence-electron chi connectivity index (χ1n) is 41.8. The van der Waals surface area contributed by atoms with E-state index in [1.54, 1.807) is 12.1 Å². The highest BCUT2D eigenvalue weighted by Gasteiger charge is 2.52. The van der Waals surface area contributed by atoms with E-state index in [0.29, 0.717) is 51.2 Å². The molecule has 1 aliphatic heterocycles. The molecule has 14 nitrogen and oxygen atoms in total. The zero-order valence-electron chi connectivity index (χ0n) is 69.1. The zero-order valence-corrected chi connectivity index (χ0v) is 69.8. The molecule has 0 radical (unpaired) electrons. The Hall–Kier alpha value is -16.0. The zero-order chi connectivity index (χ0) is 85.2. The van der Waals surface area contributed by atoms with Gasteiger partial charge in [0.05, 0.1) is 73.5 Å². The van der Waals surface area contributed by atoms with E-state index in [1.165, 1.54) is 48.9 Å². The van der Waals surface area contributed by atoms with Crippen LogP contribution < -0.4 is 5.46 Å². The molecule has 0 bridgehead atoms. The highest BCUT2D eigenvalue weighted by Crippen LogP contribution is 2.45. The second-order valence-corrected chi connectivity index (χ2v) is 32.7. The fourth-order valence-corrected chi connectivity index (χ4v) is 17.5. The van der Waals surface area contributed by atoms with E-state index in [4.69, 9.17) is 42.4 Å². The van der Waals surface area contributed by atoms with Crippen molar-refractivity contribution in [3.05, 3.63) is 410 Å². The minimum absolute atomic E-state index is 0.372. The van der Waals surface area contributed by atoms with Crippen molar-refractivity contribution in [2.24, 2.45) is 0 Å². The van der Waals surface area contributed by atoms with Gasteiger partial charge in [-0.2, -0.15) is 5.26 Å². The highest BCUT2D eigenvalue weighted by molar-refractivity contribution is 6.62. The Labute approximate surface area is 732 Å². The van der Waals surface area contributed by atoms with Gasteiger partial charge in [-0.25, -0.2) is 34.7 Å². The summed E-state index contributed by atoms with van der Waals surface area (Å²) in [6.07, 6.45) is 0. The second kappa shape index (κ2) is 32.1. The molecular formula is C110H76BClN12O2. The van der Waals surface area contributed by atoms with E-state index in [2.05, 4.69) is 302 Å². The SMILES string of the molecule is CC1(C)OB(c2ccc3c(c2)c2cc4c5ccccc5n(-c5ccccc5)c4cc2n3-c2ccccc2)OC1(C)C.N#Cc1cc(-c2nc(-c3ccccc3)nc(-c3ccccc3)n2)ccc1-c1ccc2c(c1)c1cc3c4ccccc4n(-c4ccccc4)c3cc1n2-c1ccccc1.[C-]#[N+]c1cc(-c2nc(-c3ccccc3)nc(-c3ccccc3)n2)ccc1Cl. The van der Waals surface area contributed by atoms with Crippen molar-refractivity contribution in [3.63, 3.8) is 0 Å². The summed E-state index contributed by atoms with van der Waals surface area (Å²) in [6.45, 7) is 15.7. The number of rotatable bonds is 12. The Morgan fingerprint density at radius 1 is 0.294 bits per heavy atom. The van der Waals surface area contributed by atoms with Crippen molar-refractivity contribution in [3.8, 4) is 108 Å². The normalized spacial score (nSPS) is 12.8. The average Bonchev–Trinajstić information content (AvgIpc) is 1.56. The molecule has 16 aromatic carbocycles. The van der Waals surface area contributed by atoms with Gasteiger partial charge in [0.25, 0.3) is 0 Å². The van der Waals surface area contributed by atoms with Crippen LogP contribution in [0.2, 0.25) is 5.02 Å². The Kier molecular flexibility index (Phi) is 19.7. The number of aromatic nitrogens is 10. The predicted molar refractivity (Wildman–Crippen MR) is 513 cm³/mol. The Balaban J connectivity index is 0.000000124. The molecule has 23 rings (SSSR count). The fraction of sp³-hybridized carbons (Fsp3) is 0.0545. The van der Waals surface area contributed by atoms with Crippen LogP contribution in [-0.4, -0.2) is 66.5 Å². The largest absolute Gasteiger partial charge is 0.494 e. The van der Waals surface area contributed by atoms with Crippen LogP contribution in [0.4, 0.5) is 5.69 Å². The maximum Gasteiger partial charge on any atom is 0.494 e. The van der Waals surface area contributed by atoms with Crippen LogP contribution in [0.3, 0.4) is 0 Å². The smallest absolute Gasteiger partial charge is 0.399 e. The molecular weight excluding hydrogens is 1570 g/mol. The van der Waals surface area contributed by atoms with Gasteiger partial charge in [0.1, 0.15) is 0 Å². The standard InChI is InChI=1S/C52H32N6.C36H31BN2O2.C22H13ClN4/c53-33-38-29-37(52-55-50(34-15-5-1-6-16-34)54-51(56-52)35-17-7-2-8-18-35)25-27-41(38)36-26-28-47-43(30-36)45-31-44-42-23-13-14-24-46(42)57(39-19-9-3-10-20-39)48(44)32-49(45)58(47)40-21-11-4-12-22-40;1-35(2)36(3,4)41-37(40-35)24-19-20-32-28(21-24)30-22-29-27-17-11-12-18-31(27)38(25-13-7-5-8-14-25)33(29)23-34(30)39(32)26-15-9-6-10-16-26;1-24-19-14-17(12-13-18(19)23)22-26-20(15-8-4-2-5-9-15)25-21(27-22)16-10-6-3-7-11-16/h1-32H;5-23H,1-4H3;2-14H. The van der Waals surface area contributed by atoms with Crippen molar-refractivity contribution >= 4 is 117 Å². The quantitative estimate of drug-likeness (QED) is 0.0862. The minimum Gasteiger partial charge on any atom is -0.399 e. The first-order chi connectivity index (χ1) is 61.8. The van der Waals surface area contributed by atoms with Gasteiger partial charge in [0, 0.05) is 104 Å². The van der Waals surface area contributed by atoms with E-state index >= 15 is 0 Å². The molecule has 6 aromatic heterocycles. The first kappa shape index (κ1) is 77.3. The molecule has 0 atom stereocenters. The number of fused-ring (bicyclic) bond motifs is 12. The van der Waals surface area contributed by atoms with Crippen LogP contribution >= 0.6 is 11.6 Å². The van der Waals surface area contributed by atoms with Crippen molar-refractivity contribution in [1.29, 1.82) is 5.26 Å². The summed E-state index contributed by atoms with van der Waals surface area (Å²) in [5.74, 6) is 3.33. The molecule has 1 aliphatic rings. The number of benzene rings is 16. The monoisotopic (exact) mass is 1640 g/mol. The van der Waals surface area contributed by atoms with Crippen molar-refractivity contribution < 1.29 is 9.31 Å². The molecule has 1 saturated heterocycles. The molecule has 16 heteroatoms. The Morgan fingerprint density at radius 2 is 0.595 bits per heavy atom. The number of hydrogen-bond donors (Lipinski definition) is 0. The summed E-state index contributed by atoms with van der Waals surface area (Å²) in [7, 11) is -0.414. The van der Waals surface area contributed by atoms with E-state index in [0.717, 1.165) is 111 Å². The molecule has 0 unspecified atom stereocenters. The highest BCUT2D eigenvalue weighted by atomic mass is 35.5. The molecule has 0 amide bonds. The third-order valence-electron chi connectivity index (χ3n) is 24.2. The molecule has 0 N–H and O–H groups in total. The molecule has 7 heterocycles. The number of nitriles is 1. The summed E-state index contributed by atoms with van der Waals surface area (Å²) in [6, 6.07) is 135. The molecule has 0 aliphatic carbocycles. The topological polar surface area (TPSA) is 144 Å². The Bertz CT molecular complexity index is 7920. The third-order valence-corrected chi connectivity index (χ3v) is 24.5. The number of hydrogen-bond acceptors (Lipinski definition) is 9. The fourth-order valence-electron chi connectivity index (χ4n) is 17.3. The third kappa shape index (κ3) is 14.0. The summed E-state index contributed by atoms with van der Waals surface area (Å²) in [5.41, 5.74) is 21.8. The molecule has 598 valence electrons. The number of halogens is 1.